The Morgan fingerprint density at radius 1 is 0.955 bits per heavy atom. The van der Waals surface area contributed by atoms with Crippen molar-refractivity contribution in [2.45, 2.75) is 25.3 Å². The first kappa shape index (κ1) is 13.7. The summed E-state index contributed by atoms with van der Waals surface area (Å²) in [5.41, 5.74) is 3.10. The Labute approximate surface area is 131 Å². The second-order valence-electron chi connectivity index (χ2n) is 6.25. The van der Waals surface area contributed by atoms with Crippen molar-refractivity contribution in [1.82, 2.24) is 14.9 Å². The zero-order valence-corrected chi connectivity index (χ0v) is 12.9. The topological polar surface area (TPSA) is 32.3 Å². The molecule has 2 heterocycles. The molecule has 0 saturated carbocycles. The molecule has 0 unspecified atom stereocenters. The van der Waals surface area contributed by atoms with Gasteiger partial charge in [-0.15, -0.1) is 0 Å². The van der Waals surface area contributed by atoms with Crippen LogP contribution in [0.5, 0.6) is 0 Å². The van der Waals surface area contributed by atoms with Crippen LogP contribution in [-0.2, 0) is 12.8 Å². The molecule has 2 aliphatic rings. The molecule has 1 atom stereocenters. The van der Waals surface area contributed by atoms with Gasteiger partial charge in [-0.1, -0.05) is 24.3 Å². The molecule has 0 N–H and O–H groups in total. The van der Waals surface area contributed by atoms with Crippen LogP contribution < -0.4 is 4.90 Å². The van der Waals surface area contributed by atoms with Gasteiger partial charge in [0.1, 0.15) is 5.82 Å². The summed E-state index contributed by atoms with van der Waals surface area (Å²) in [6.45, 7) is 4.36. The molecule has 4 rings (SSSR count). The molecule has 1 fully saturated rings. The van der Waals surface area contributed by atoms with Gasteiger partial charge in [0.25, 0.3) is 0 Å². The minimum Gasteiger partial charge on any atom is -0.353 e. The number of nitrogens with zero attached hydrogens (tertiary/aromatic N) is 4. The molecular weight excluding hydrogens is 272 g/mol. The SMILES string of the molecule is c1ccc2c(c1)CC[C@@H](N1CCN(c3cnccn3)CC1)C2. The highest BCUT2D eigenvalue weighted by molar-refractivity contribution is 5.36. The van der Waals surface area contributed by atoms with Crippen molar-refractivity contribution in [2.24, 2.45) is 0 Å². The number of hydrogen-bond acceptors (Lipinski definition) is 4. The van der Waals surface area contributed by atoms with Crippen LogP contribution in [0.4, 0.5) is 5.82 Å². The Bertz CT molecular complexity index is 620. The Balaban J connectivity index is 1.38. The number of aryl methyl sites for hydroxylation is 1. The number of fused-ring (bicyclic) bond motifs is 1. The monoisotopic (exact) mass is 294 g/mol. The van der Waals surface area contributed by atoms with E-state index in [-0.39, 0.29) is 0 Å². The maximum absolute atomic E-state index is 4.41. The maximum atomic E-state index is 4.41. The minimum atomic E-state index is 0.707. The summed E-state index contributed by atoms with van der Waals surface area (Å²) in [5.74, 6) is 1.01. The fourth-order valence-corrected chi connectivity index (χ4v) is 3.76. The van der Waals surface area contributed by atoms with E-state index in [4.69, 9.17) is 0 Å². The highest BCUT2D eigenvalue weighted by Crippen LogP contribution is 2.25. The van der Waals surface area contributed by atoms with Gasteiger partial charge in [-0.25, -0.2) is 4.98 Å². The number of aromatic nitrogens is 2. The number of rotatable bonds is 2. The molecule has 0 spiro atoms. The fraction of sp³-hybridized carbons (Fsp3) is 0.444. The molecule has 4 heteroatoms. The molecule has 1 aromatic carbocycles. The molecule has 4 nitrogen and oxygen atoms in total. The highest BCUT2D eigenvalue weighted by atomic mass is 15.3. The van der Waals surface area contributed by atoms with Crippen molar-refractivity contribution >= 4 is 5.82 Å². The summed E-state index contributed by atoms with van der Waals surface area (Å²) in [5, 5.41) is 0. The molecule has 2 aromatic rings. The lowest BCUT2D eigenvalue weighted by atomic mass is 9.87. The summed E-state index contributed by atoms with van der Waals surface area (Å²) >= 11 is 0. The lowest BCUT2D eigenvalue weighted by Crippen LogP contribution is -2.52. The minimum absolute atomic E-state index is 0.707. The first-order valence-corrected chi connectivity index (χ1v) is 8.22. The van der Waals surface area contributed by atoms with Gasteiger partial charge in [-0.2, -0.15) is 0 Å². The summed E-state index contributed by atoms with van der Waals surface area (Å²) in [7, 11) is 0. The summed E-state index contributed by atoms with van der Waals surface area (Å²) < 4.78 is 0. The predicted molar refractivity (Wildman–Crippen MR) is 88.1 cm³/mol. The molecule has 22 heavy (non-hydrogen) atoms. The molecule has 114 valence electrons. The number of benzene rings is 1. The van der Waals surface area contributed by atoms with E-state index in [1.807, 2.05) is 6.20 Å². The Morgan fingerprint density at radius 2 is 1.77 bits per heavy atom. The molecule has 0 amide bonds. The van der Waals surface area contributed by atoms with Crippen LogP contribution in [0.3, 0.4) is 0 Å². The van der Waals surface area contributed by atoms with E-state index >= 15 is 0 Å². The number of piperazine rings is 1. The van der Waals surface area contributed by atoms with Crippen LogP contribution in [0.25, 0.3) is 0 Å². The molecule has 0 radical (unpaired) electrons. The van der Waals surface area contributed by atoms with Crippen LogP contribution in [0.1, 0.15) is 17.5 Å². The van der Waals surface area contributed by atoms with Gasteiger partial charge in [-0.05, 0) is 30.4 Å². The first-order chi connectivity index (χ1) is 10.9. The lowest BCUT2D eigenvalue weighted by Gasteiger charge is -2.41. The van der Waals surface area contributed by atoms with E-state index in [0.29, 0.717) is 6.04 Å². The zero-order valence-electron chi connectivity index (χ0n) is 12.9. The molecule has 0 bridgehead atoms. The zero-order chi connectivity index (χ0) is 14.8. The number of hydrogen-bond donors (Lipinski definition) is 0. The van der Waals surface area contributed by atoms with E-state index in [0.717, 1.165) is 32.0 Å². The van der Waals surface area contributed by atoms with E-state index in [9.17, 15) is 0 Å². The van der Waals surface area contributed by atoms with Crippen LogP contribution in [-0.4, -0.2) is 47.1 Å². The fourth-order valence-electron chi connectivity index (χ4n) is 3.76. The van der Waals surface area contributed by atoms with E-state index in [1.165, 1.54) is 19.3 Å². The average molecular weight is 294 g/mol. The van der Waals surface area contributed by atoms with E-state index in [1.54, 1.807) is 23.5 Å². The quantitative estimate of drug-likeness (QED) is 0.849. The largest absolute Gasteiger partial charge is 0.353 e. The van der Waals surface area contributed by atoms with E-state index in [2.05, 4.69) is 44.0 Å². The van der Waals surface area contributed by atoms with Gasteiger partial charge in [0.05, 0.1) is 6.20 Å². The van der Waals surface area contributed by atoms with E-state index < -0.39 is 0 Å². The van der Waals surface area contributed by atoms with Crippen molar-refractivity contribution in [1.29, 1.82) is 0 Å². The third-order valence-electron chi connectivity index (χ3n) is 5.03. The highest BCUT2D eigenvalue weighted by Gasteiger charge is 2.27. The van der Waals surface area contributed by atoms with Crippen LogP contribution >= 0.6 is 0 Å². The summed E-state index contributed by atoms with van der Waals surface area (Å²) in [6, 6.07) is 9.64. The second-order valence-corrected chi connectivity index (χ2v) is 6.25. The van der Waals surface area contributed by atoms with Crippen molar-refractivity contribution in [3.63, 3.8) is 0 Å². The summed E-state index contributed by atoms with van der Waals surface area (Å²) in [4.78, 5) is 13.6. The molecule has 1 saturated heterocycles. The van der Waals surface area contributed by atoms with Gasteiger partial charge in [0.2, 0.25) is 0 Å². The smallest absolute Gasteiger partial charge is 0.147 e. The van der Waals surface area contributed by atoms with Crippen molar-refractivity contribution < 1.29 is 0 Å². The van der Waals surface area contributed by atoms with Crippen LogP contribution in [0.15, 0.2) is 42.9 Å². The van der Waals surface area contributed by atoms with Crippen molar-refractivity contribution in [2.75, 3.05) is 31.1 Å². The third kappa shape index (κ3) is 2.71. The molecule has 1 aromatic heterocycles. The predicted octanol–water partition coefficient (Wildman–Crippen LogP) is 2.16. The lowest BCUT2D eigenvalue weighted by molar-refractivity contribution is 0.169. The Hall–Kier alpha value is -1.94. The average Bonchev–Trinajstić information content (AvgIpc) is 2.62. The molecule has 1 aliphatic heterocycles. The Morgan fingerprint density at radius 3 is 2.55 bits per heavy atom. The van der Waals surface area contributed by atoms with Crippen molar-refractivity contribution in [3.05, 3.63) is 54.0 Å². The second kappa shape index (κ2) is 6.05. The third-order valence-corrected chi connectivity index (χ3v) is 5.03. The summed E-state index contributed by atoms with van der Waals surface area (Å²) in [6.07, 6.45) is 9.11. The maximum Gasteiger partial charge on any atom is 0.147 e. The van der Waals surface area contributed by atoms with Crippen molar-refractivity contribution in [3.8, 4) is 0 Å². The van der Waals surface area contributed by atoms with Gasteiger partial charge < -0.3 is 4.90 Å². The molecule has 1 aliphatic carbocycles. The normalized spacial score (nSPS) is 22.4. The molecular formula is C18H22N4. The number of anilines is 1. The van der Waals surface area contributed by atoms with Gasteiger partial charge in [0, 0.05) is 44.6 Å². The van der Waals surface area contributed by atoms with Crippen LogP contribution in [0.2, 0.25) is 0 Å². The van der Waals surface area contributed by atoms with Gasteiger partial charge in [-0.3, -0.25) is 9.88 Å². The van der Waals surface area contributed by atoms with Gasteiger partial charge >= 0.3 is 0 Å². The standard InChI is InChI=1S/C18H22N4/c1-2-4-16-13-17(6-5-15(16)3-1)21-9-11-22(12-10-21)18-14-19-7-8-20-18/h1-4,7-8,14,17H,5-6,9-13H2/t17-/m1/s1. The first-order valence-electron chi connectivity index (χ1n) is 8.22. The van der Waals surface area contributed by atoms with Gasteiger partial charge in [0.15, 0.2) is 0 Å². The van der Waals surface area contributed by atoms with Crippen LogP contribution in [0, 0.1) is 0 Å². The Kier molecular flexibility index (Phi) is 3.77.